The molecule has 0 aromatic heterocycles. The van der Waals surface area contributed by atoms with Crippen LogP contribution < -0.4 is 9.47 Å². The van der Waals surface area contributed by atoms with Gasteiger partial charge in [-0.25, -0.2) is 14.4 Å². The summed E-state index contributed by atoms with van der Waals surface area (Å²) >= 11 is 0. The van der Waals surface area contributed by atoms with Gasteiger partial charge in [0.15, 0.2) is 54.3 Å². The molecule has 5 aliphatic rings. The van der Waals surface area contributed by atoms with Crippen molar-refractivity contribution in [1.29, 1.82) is 0 Å². The van der Waals surface area contributed by atoms with Crippen LogP contribution in [0.25, 0.3) is 12.2 Å². The van der Waals surface area contributed by atoms with Gasteiger partial charge in [-0.2, -0.15) is 0 Å². The van der Waals surface area contributed by atoms with Crippen LogP contribution in [0.15, 0.2) is 78.9 Å². The minimum absolute atomic E-state index is 0.00886. The van der Waals surface area contributed by atoms with Crippen molar-refractivity contribution in [3.8, 4) is 23.0 Å². The van der Waals surface area contributed by atoms with Crippen molar-refractivity contribution >= 4 is 36.0 Å². The zero-order chi connectivity index (χ0) is 67.6. The fourth-order valence-corrected chi connectivity index (χ4v) is 10.5. The van der Waals surface area contributed by atoms with Crippen LogP contribution >= 0.6 is 0 Å². The number of ether oxygens (including phenoxy) is 15. The third-order valence-corrected chi connectivity index (χ3v) is 15.5. The molecule has 15 N–H and O–H groups in total. The van der Waals surface area contributed by atoms with E-state index in [0.29, 0.717) is 5.56 Å². The van der Waals surface area contributed by atoms with E-state index in [2.05, 4.69) is 0 Å². The van der Waals surface area contributed by atoms with Gasteiger partial charge in [-0.3, -0.25) is 4.79 Å². The maximum atomic E-state index is 14.1. The van der Waals surface area contributed by atoms with E-state index in [1.54, 1.807) is 6.07 Å². The first-order valence-corrected chi connectivity index (χ1v) is 28.8. The Morgan fingerprint density at radius 3 is 1.47 bits per heavy atom. The first kappa shape index (κ1) is 72.2. The molecule has 8 rings (SSSR count). The third-order valence-electron chi connectivity index (χ3n) is 15.5. The van der Waals surface area contributed by atoms with Crippen molar-refractivity contribution in [2.45, 2.75) is 154 Å². The first-order valence-electron chi connectivity index (χ1n) is 28.8. The number of benzene rings is 3. The van der Waals surface area contributed by atoms with E-state index in [0.717, 1.165) is 19.1 Å². The lowest BCUT2D eigenvalue weighted by Gasteiger charge is -2.51. The van der Waals surface area contributed by atoms with Crippen molar-refractivity contribution in [2.75, 3.05) is 53.9 Å². The van der Waals surface area contributed by atoms with Gasteiger partial charge in [0.1, 0.15) is 130 Å². The third kappa shape index (κ3) is 16.9. The minimum atomic E-state index is -3.00. The molecule has 5 aliphatic heterocycles. The van der Waals surface area contributed by atoms with Gasteiger partial charge >= 0.3 is 23.9 Å². The second kappa shape index (κ2) is 32.2. The summed E-state index contributed by atoms with van der Waals surface area (Å²) < 4.78 is 87.3. The topological polar surface area (TPSA) is 510 Å². The second-order valence-electron chi connectivity index (χ2n) is 21.8. The summed E-state index contributed by atoms with van der Waals surface area (Å²) in [5.74, 6) is -7.99. The summed E-state index contributed by atoms with van der Waals surface area (Å²) in [6.45, 7) is -5.41. The highest BCUT2D eigenvalue weighted by molar-refractivity contribution is 5.90. The lowest BCUT2D eigenvalue weighted by atomic mass is 9.95. The second-order valence-corrected chi connectivity index (χ2v) is 21.8. The SMILES string of the molecule is COc1cc(C=CC(=O)OC[C@H]2O[C@H](O[C@]3(COC(=O)C=Cc4ccc(O)c(OC)c4)O[C@H](CO)[C@@H](O)[C@@H]3OC(=O)c3ccccc3)[C@H](O[C@@H]3O[C@H](CO)[C@@H](O)[C@H](O)[C@H]3O)[C@@H](O[C@@H]3O[C@H](COC(C)=O)[C@@H](O)[C@H](O[C@@H]4O[C@H](CO)[C@@H](O)[C@H](O)[C@H]4O)[C@H]3O)[C@@H]2O)ccc1O. The van der Waals surface area contributed by atoms with Gasteiger partial charge in [0.25, 0.3) is 0 Å². The lowest BCUT2D eigenvalue weighted by molar-refractivity contribution is -0.423. The highest BCUT2D eigenvalue weighted by Gasteiger charge is 2.64. The summed E-state index contributed by atoms with van der Waals surface area (Å²) in [7, 11) is 2.54. The van der Waals surface area contributed by atoms with Crippen LogP contribution in [0, 0.1) is 0 Å². The summed E-state index contributed by atoms with van der Waals surface area (Å²) in [6.07, 6.45) is -45.3. The summed E-state index contributed by atoms with van der Waals surface area (Å²) in [5.41, 5.74) is 0.423. The van der Waals surface area contributed by atoms with Gasteiger partial charge in [-0.05, 0) is 59.7 Å². The largest absolute Gasteiger partial charge is 0.504 e. The van der Waals surface area contributed by atoms with E-state index in [-0.39, 0.29) is 34.1 Å². The quantitative estimate of drug-likeness (QED) is 0.0214. The molecule has 0 spiro atoms. The molecule has 514 valence electrons. The van der Waals surface area contributed by atoms with Gasteiger partial charge in [0, 0.05) is 19.1 Å². The van der Waals surface area contributed by atoms with Crippen LogP contribution in [0.4, 0.5) is 0 Å². The van der Waals surface area contributed by atoms with Gasteiger partial charge in [-0.1, -0.05) is 30.3 Å². The Morgan fingerprint density at radius 1 is 0.495 bits per heavy atom. The molecule has 0 unspecified atom stereocenters. The predicted molar refractivity (Wildman–Crippen MR) is 301 cm³/mol. The molecule has 3 aromatic carbocycles. The zero-order valence-electron chi connectivity index (χ0n) is 49.6. The smallest absolute Gasteiger partial charge is 0.338 e. The van der Waals surface area contributed by atoms with Crippen LogP contribution in [0.2, 0.25) is 0 Å². The Hall–Kier alpha value is -6.66. The fourth-order valence-electron chi connectivity index (χ4n) is 10.5. The molecule has 0 saturated carbocycles. The molecule has 34 heteroatoms. The number of methoxy groups -OCH3 is 2. The number of aliphatic hydroxyl groups is 13. The van der Waals surface area contributed by atoms with Crippen molar-refractivity contribution in [3.05, 3.63) is 95.6 Å². The van der Waals surface area contributed by atoms with Gasteiger partial charge in [-0.15, -0.1) is 0 Å². The Morgan fingerprint density at radius 2 is 0.957 bits per heavy atom. The fraction of sp³-hybridized carbons (Fsp3) is 0.559. The molecule has 5 heterocycles. The van der Waals surface area contributed by atoms with E-state index in [4.69, 9.17) is 71.1 Å². The Kier molecular flexibility index (Phi) is 25.0. The number of carbonyl (C=O) groups is 4. The number of rotatable bonds is 25. The molecule has 93 heavy (non-hydrogen) atoms. The molecule has 0 aliphatic carbocycles. The van der Waals surface area contributed by atoms with Crippen molar-refractivity contribution in [2.24, 2.45) is 0 Å². The number of aromatic hydroxyl groups is 2. The number of phenols is 2. The molecule has 5 fully saturated rings. The van der Waals surface area contributed by atoms with E-state index < -0.39 is 210 Å². The summed E-state index contributed by atoms with van der Waals surface area (Å²) in [5, 5.41) is 165. The van der Waals surface area contributed by atoms with Crippen LogP contribution in [0.1, 0.15) is 28.4 Å². The Bertz CT molecular complexity index is 3020. The van der Waals surface area contributed by atoms with Gasteiger partial charge in [0.05, 0.1) is 39.6 Å². The molecule has 0 radical (unpaired) electrons. The predicted octanol–water partition coefficient (Wildman–Crippen LogP) is -5.53. The molecule has 24 atom stereocenters. The van der Waals surface area contributed by atoms with Crippen molar-refractivity contribution < 1.29 is 167 Å². The molecule has 0 bridgehead atoms. The van der Waals surface area contributed by atoms with Crippen molar-refractivity contribution in [1.82, 2.24) is 0 Å². The number of aliphatic hydroxyl groups excluding tert-OH is 13. The maximum Gasteiger partial charge on any atom is 0.338 e. The van der Waals surface area contributed by atoms with E-state index >= 15 is 0 Å². The number of carbonyl (C=O) groups excluding carboxylic acids is 4. The van der Waals surface area contributed by atoms with E-state index in [1.807, 2.05) is 0 Å². The zero-order valence-corrected chi connectivity index (χ0v) is 49.6. The summed E-state index contributed by atoms with van der Waals surface area (Å²) in [4.78, 5) is 53.7. The van der Waals surface area contributed by atoms with Crippen LogP contribution in [0.3, 0.4) is 0 Å². The molecular weight excluding hydrogens is 1250 g/mol. The van der Waals surface area contributed by atoms with Crippen LogP contribution in [0.5, 0.6) is 23.0 Å². The monoisotopic (exact) mass is 1330 g/mol. The first-order chi connectivity index (χ1) is 44.3. The standard InChI is InChI=1S/C59H74O34/c1-25(63)81-22-36-42(70)50(88-55-47(75)45(73)40(68)33(19-60)84-55)49(77)57(86-36)89-51-43(71)37(23-82-38(66)15-11-26-9-13-29(64)31(17-26)79-2)87-58(52(51)90-56-48(76)46(74)41(69)34(20-61)85-56)93-59(24-83-39(67)16-12-27-10-14-30(65)32(18-27)80-3)53(44(72)35(21-62)92-59)91-54(78)28-7-5-4-6-8-28/h4-18,33-37,40-53,55-58,60-62,64-65,68-77H,19-24H2,1-3H3/t33-,34-,35-,36-,37-,40-,41-,42-,43-,44-,45+,46+,47-,48-,49-,50+,51+,52-,53+,55+,56+,57+,58-,59+/m1/s1. The molecular formula is C59H74O34. The average molecular weight is 1330 g/mol. The van der Waals surface area contributed by atoms with E-state index in [1.165, 1.54) is 87.0 Å². The number of esters is 4. The Balaban J connectivity index is 1.25. The lowest BCUT2D eigenvalue weighted by Crippen LogP contribution is -2.69. The van der Waals surface area contributed by atoms with Gasteiger partial charge in [0.2, 0.25) is 5.79 Å². The average Bonchev–Trinajstić information content (AvgIpc) is 1.71. The van der Waals surface area contributed by atoms with Gasteiger partial charge < -0.3 is 148 Å². The maximum absolute atomic E-state index is 14.1. The molecule has 0 amide bonds. The van der Waals surface area contributed by atoms with Crippen molar-refractivity contribution in [3.63, 3.8) is 0 Å². The van der Waals surface area contributed by atoms with Crippen LogP contribution in [-0.4, -0.2) is 301 Å². The molecule has 34 nitrogen and oxygen atoms in total. The molecule has 3 aromatic rings. The van der Waals surface area contributed by atoms with E-state index in [9.17, 15) is 95.8 Å². The normalized spacial score (nSPS) is 36.3. The highest BCUT2D eigenvalue weighted by Crippen LogP contribution is 2.42. The van der Waals surface area contributed by atoms with Crippen LogP contribution in [-0.2, 0) is 76.0 Å². The molecule has 5 saturated heterocycles. The number of hydrogen-bond acceptors (Lipinski definition) is 34. The summed E-state index contributed by atoms with van der Waals surface area (Å²) in [6, 6.07) is 15.1. The highest BCUT2D eigenvalue weighted by atomic mass is 16.8. The number of hydrogen-bond donors (Lipinski definition) is 15. The minimum Gasteiger partial charge on any atom is -0.504 e. The Labute approximate surface area is 527 Å². The number of phenolic OH excluding ortho intramolecular Hbond substituents is 2.